The molecule has 11 heteroatoms. The van der Waals surface area contributed by atoms with E-state index in [0.29, 0.717) is 36.0 Å². The molecule has 0 radical (unpaired) electrons. The maximum Gasteiger partial charge on any atom is 0.262 e. The molecular formula is C24H20FN3O6S. The molecule has 2 heterocycles. The lowest BCUT2D eigenvalue weighted by Gasteiger charge is -2.25. The van der Waals surface area contributed by atoms with Crippen LogP contribution in [-0.2, 0) is 19.6 Å². The van der Waals surface area contributed by atoms with Crippen LogP contribution in [0.15, 0.2) is 65.6 Å². The fraction of sp³-hybridized carbons (Fsp3) is 0.167. The van der Waals surface area contributed by atoms with Gasteiger partial charge in [0, 0.05) is 29.5 Å². The van der Waals surface area contributed by atoms with Crippen molar-refractivity contribution in [3.05, 3.63) is 72.0 Å². The van der Waals surface area contributed by atoms with Crippen molar-refractivity contribution in [2.75, 3.05) is 28.6 Å². The van der Waals surface area contributed by atoms with E-state index < -0.39 is 27.7 Å². The minimum absolute atomic E-state index is 0.0183. The van der Waals surface area contributed by atoms with Gasteiger partial charge in [-0.2, -0.15) is 0 Å². The molecular weight excluding hydrogens is 477 g/mol. The molecule has 35 heavy (non-hydrogen) atoms. The van der Waals surface area contributed by atoms with Crippen LogP contribution in [0.25, 0.3) is 0 Å². The van der Waals surface area contributed by atoms with Crippen molar-refractivity contribution in [2.24, 2.45) is 0 Å². The Morgan fingerprint density at radius 2 is 1.66 bits per heavy atom. The maximum atomic E-state index is 13.5. The molecule has 0 spiro atoms. The Balaban J connectivity index is 1.28. The number of anilines is 3. The minimum Gasteiger partial charge on any atom is -0.486 e. The summed E-state index contributed by atoms with van der Waals surface area (Å²) in [6.45, 7) is 0.740. The number of nitrogens with one attached hydrogen (secondary N) is 3. The van der Waals surface area contributed by atoms with E-state index in [-0.39, 0.29) is 28.6 Å². The van der Waals surface area contributed by atoms with Crippen LogP contribution < -0.4 is 24.8 Å². The minimum atomic E-state index is -3.89. The zero-order chi connectivity index (χ0) is 24.6. The summed E-state index contributed by atoms with van der Waals surface area (Å²) >= 11 is 0. The van der Waals surface area contributed by atoms with E-state index in [2.05, 4.69) is 15.4 Å². The number of carbonyl (C=O) groups excluding carboxylic acids is 2. The molecule has 0 fully saturated rings. The van der Waals surface area contributed by atoms with E-state index in [1.807, 2.05) is 0 Å². The van der Waals surface area contributed by atoms with Gasteiger partial charge in [-0.3, -0.25) is 14.3 Å². The summed E-state index contributed by atoms with van der Waals surface area (Å²) in [7, 11) is -3.89. The van der Waals surface area contributed by atoms with Gasteiger partial charge < -0.3 is 20.1 Å². The zero-order valence-electron chi connectivity index (χ0n) is 18.2. The number of benzene rings is 3. The van der Waals surface area contributed by atoms with Gasteiger partial charge in [-0.25, -0.2) is 12.8 Å². The summed E-state index contributed by atoms with van der Waals surface area (Å²) in [6, 6.07) is 14.3. The molecule has 180 valence electrons. The first kappa shape index (κ1) is 22.7. The molecule has 3 N–H and O–H groups in total. The number of ether oxygens (including phenoxy) is 2. The first-order valence-electron chi connectivity index (χ1n) is 10.7. The Morgan fingerprint density at radius 1 is 0.943 bits per heavy atom. The van der Waals surface area contributed by atoms with E-state index in [1.54, 1.807) is 6.07 Å². The number of carbonyl (C=O) groups is 2. The number of rotatable bonds is 5. The van der Waals surface area contributed by atoms with Gasteiger partial charge in [0.25, 0.3) is 10.0 Å². The molecule has 2 aliphatic rings. The standard InChI is InChI=1S/C24H20FN3O6S/c25-14-1-7-18-19(13-23(29)27-20(18)11-14)24(30)26-15-2-4-16(5-3-15)28-35(31,32)17-6-8-21-22(12-17)34-10-9-33-21/h1-8,11-12,19,28H,9-10,13H2,(H,26,30)(H,27,29). The molecule has 5 rings (SSSR count). The third-order valence-corrected chi connectivity index (χ3v) is 6.98. The fourth-order valence-corrected chi connectivity index (χ4v) is 5.00. The monoisotopic (exact) mass is 497 g/mol. The van der Waals surface area contributed by atoms with Crippen LogP contribution in [0, 0.1) is 5.82 Å². The highest BCUT2D eigenvalue weighted by Gasteiger charge is 2.31. The largest absolute Gasteiger partial charge is 0.486 e. The highest BCUT2D eigenvalue weighted by atomic mass is 32.2. The lowest BCUT2D eigenvalue weighted by molar-refractivity contribution is -0.123. The second-order valence-electron chi connectivity index (χ2n) is 8.01. The van der Waals surface area contributed by atoms with Crippen LogP contribution in [0.4, 0.5) is 21.5 Å². The second kappa shape index (κ2) is 8.91. The number of halogens is 1. The molecule has 0 bridgehead atoms. The van der Waals surface area contributed by atoms with Crippen molar-refractivity contribution >= 4 is 38.9 Å². The molecule has 2 aliphatic heterocycles. The van der Waals surface area contributed by atoms with Crippen LogP contribution in [0.2, 0.25) is 0 Å². The van der Waals surface area contributed by atoms with Crippen molar-refractivity contribution in [3.8, 4) is 11.5 Å². The van der Waals surface area contributed by atoms with Gasteiger partial charge in [0.2, 0.25) is 11.8 Å². The lowest BCUT2D eigenvalue weighted by atomic mass is 9.89. The smallest absolute Gasteiger partial charge is 0.262 e. The van der Waals surface area contributed by atoms with Crippen molar-refractivity contribution < 1.29 is 31.9 Å². The summed E-state index contributed by atoms with van der Waals surface area (Å²) in [5.74, 6) is -1.27. The average molecular weight is 498 g/mol. The Hall–Kier alpha value is -4.12. The summed E-state index contributed by atoms with van der Waals surface area (Å²) in [4.78, 5) is 24.9. The number of amides is 2. The Labute approximate surface area is 200 Å². The van der Waals surface area contributed by atoms with Gasteiger partial charge in [0.1, 0.15) is 19.0 Å². The first-order chi connectivity index (χ1) is 16.8. The van der Waals surface area contributed by atoms with Crippen LogP contribution in [0.1, 0.15) is 17.9 Å². The number of hydrogen-bond donors (Lipinski definition) is 3. The quantitative estimate of drug-likeness (QED) is 0.496. The fourth-order valence-electron chi connectivity index (χ4n) is 3.93. The highest BCUT2D eigenvalue weighted by Crippen LogP contribution is 2.34. The summed E-state index contributed by atoms with van der Waals surface area (Å²) in [6.07, 6.45) is -0.0715. The van der Waals surface area contributed by atoms with Gasteiger partial charge in [0.05, 0.1) is 10.8 Å². The van der Waals surface area contributed by atoms with Crippen LogP contribution in [0.3, 0.4) is 0 Å². The van der Waals surface area contributed by atoms with Gasteiger partial charge >= 0.3 is 0 Å². The molecule has 2 amide bonds. The third-order valence-electron chi connectivity index (χ3n) is 5.60. The number of fused-ring (bicyclic) bond motifs is 2. The summed E-state index contributed by atoms with van der Waals surface area (Å²) in [5, 5.41) is 5.29. The first-order valence-corrected chi connectivity index (χ1v) is 12.2. The topological polar surface area (TPSA) is 123 Å². The Bertz CT molecular complexity index is 1430. The van der Waals surface area contributed by atoms with E-state index in [9.17, 15) is 22.4 Å². The summed E-state index contributed by atoms with van der Waals surface area (Å²) in [5.41, 5.74) is 1.49. The zero-order valence-corrected chi connectivity index (χ0v) is 19.0. The molecule has 1 atom stereocenters. The molecule has 0 aromatic heterocycles. The van der Waals surface area contributed by atoms with Crippen molar-refractivity contribution in [3.63, 3.8) is 0 Å². The number of hydrogen-bond acceptors (Lipinski definition) is 6. The molecule has 3 aromatic rings. The molecule has 0 saturated carbocycles. The predicted molar refractivity (Wildman–Crippen MR) is 126 cm³/mol. The predicted octanol–water partition coefficient (Wildman–Crippen LogP) is 3.46. The van der Waals surface area contributed by atoms with Crippen molar-refractivity contribution in [1.82, 2.24) is 0 Å². The van der Waals surface area contributed by atoms with Crippen LogP contribution >= 0.6 is 0 Å². The van der Waals surface area contributed by atoms with Crippen LogP contribution in [0.5, 0.6) is 11.5 Å². The number of sulfonamides is 1. The highest BCUT2D eigenvalue weighted by molar-refractivity contribution is 7.92. The molecule has 0 saturated heterocycles. The maximum absolute atomic E-state index is 13.5. The summed E-state index contributed by atoms with van der Waals surface area (Å²) < 4.78 is 52.4. The van der Waals surface area contributed by atoms with E-state index in [0.717, 1.165) is 0 Å². The van der Waals surface area contributed by atoms with Crippen molar-refractivity contribution in [2.45, 2.75) is 17.2 Å². The molecule has 1 unspecified atom stereocenters. The van der Waals surface area contributed by atoms with Crippen LogP contribution in [-0.4, -0.2) is 33.4 Å². The van der Waals surface area contributed by atoms with Gasteiger partial charge in [0.15, 0.2) is 11.5 Å². The van der Waals surface area contributed by atoms with Crippen molar-refractivity contribution in [1.29, 1.82) is 0 Å². The Morgan fingerprint density at radius 3 is 2.43 bits per heavy atom. The molecule has 3 aromatic carbocycles. The second-order valence-corrected chi connectivity index (χ2v) is 9.70. The van der Waals surface area contributed by atoms with Gasteiger partial charge in [-0.15, -0.1) is 0 Å². The van der Waals surface area contributed by atoms with E-state index in [4.69, 9.17) is 9.47 Å². The van der Waals surface area contributed by atoms with E-state index in [1.165, 1.54) is 54.6 Å². The lowest BCUT2D eigenvalue weighted by Crippen LogP contribution is -2.30. The normalized spacial score (nSPS) is 16.6. The SMILES string of the molecule is O=C1CC(C(=O)Nc2ccc(NS(=O)(=O)c3ccc4c(c3)OCCO4)cc2)c2ccc(F)cc2N1. The van der Waals surface area contributed by atoms with Gasteiger partial charge in [-0.1, -0.05) is 6.07 Å². The van der Waals surface area contributed by atoms with Gasteiger partial charge in [-0.05, 0) is 54.1 Å². The third kappa shape index (κ3) is 4.76. The average Bonchev–Trinajstić information content (AvgIpc) is 2.84. The molecule has 0 aliphatic carbocycles. The molecule has 9 nitrogen and oxygen atoms in total. The van der Waals surface area contributed by atoms with E-state index >= 15 is 0 Å². The Kier molecular flexibility index (Phi) is 5.77.